The average molecular weight is 251 g/mol. The van der Waals surface area contributed by atoms with E-state index in [0.29, 0.717) is 26.2 Å². The Balaban J connectivity index is 2.44. The average Bonchev–Trinajstić information content (AvgIpc) is 2.38. The zero-order valence-corrected chi connectivity index (χ0v) is 11.0. The molecule has 0 aromatic carbocycles. The largest absolute Gasteiger partial charge is 0.368 e. The molecular weight excluding hydrogens is 230 g/mol. The quantitative estimate of drug-likeness (QED) is 0.571. The number of hydrogen-bond acceptors (Lipinski definition) is 3. The van der Waals surface area contributed by atoms with E-state index in [9.17, 15) is 9.59 Å². The highest BCUT2D eigenvalue weighted by atomic mass is 16.2. The Hall–Kier alpha value is -1.62. The van der Waals surface area contributed by atoms with Crippen molar-refractivity contribution >= 4 is 11.8 Å². The molecule has 2 N–H and O–H groups in total. The molecule has 0 aromatic rings. The molecule has 0 bridgehead atoms. The van der Waals surface area contributed by atoms with Crippen molar-refractivity contribution in [3.05, 3.63) is 24.3 Å². The van der Waals surface area contributed by atoms with Gasteiger partial charge in [-0.05, 0) is 13.8 Å². The van der Waals surface area contributed by atoms with Crippen LogP contribution in [-0.2, 0) is 9.59 Å². The van der Waals surface area contributed by atoms with Crippen LogP contribution in [0, 0.1) is 0 Å². The molecule has 5 heteroatoms. The maximum atomic E-state index is 11.8. The van der Waals surface area contributed by atoms with Gasteiger partial charge in [0.05, 0.1) is 6.04 Å². The molecule has 1 atom stereocenters. The van der Waals surface area contributed by atoms with Crippen LogP contribution in [0.4, 0.5) is 0 Å². The molecule has 1 aliphatic rings. The minimum atomic E-state index is -0.317. The zero-order valence-electron chi connectivity index (χ0n) is 11.0. The number of amides is 2. The molecule has 1 fully saturated rings. The number of rotatable bonds is 4. The van der Waals surface area contributed by atoms with E-state index in [1.54, 1.807) is 24.0 Å². The maximum absolute atomic E-state index is 11.8. The molecule has 1 saturated heterocycles. The van der Waals surface area contributed by atoms with Gasteiger partial charge in [-0.3, -0.25) is 14.5 Å². The number of piperazine rings is 1. The Kier molecular flexibility index (Phi) is 5.58. The summed E-state index contributed by atoms with van der Waals surface area (Å²) in [6, 6.07) is -0.263. The van der Waals surface area contributed by atoms with Crippen LogP contribution in [0.5, 0.6) is 0 Å². The molecule has 1 heterocycles. The van der Waals surface area contributed by atoms with Gasteiger partial charge in [0.2, 0.25) is 11.8 Å². The Morgan fingerprint density at radius 1 is 1.17 bits per heavy atom. The van der Waals surface area contributed by atoms with Crippen LogP contribution in [0.3, 0.4) is 0 Å². The molecule has 1 rings (SSSR count). The van der Waals surface area contributed by atoms with Crippen LogP contribution in [0.15, 0.2) is 24.3 Å². The molecule has 0 saturated carbocycles. The Labute approximate surface area is 108 Å². The number of carbonyl (C=O) groups excluding carboxylic acids is 2. The van der Waals surface area contributed by atoms with Crippen molar-refractivity contribution in [1.82, 2.24) is 9.80 Å². The molecule has 2 amide bonds. The molecule has 1 aliphatic heterocycles. The Morgan fingerprint density at radius 3 is 2.28 bits per heavy atom. The Bertz CT molecular complexity index is 355. The summed E-state index contributed by atoms with van der Waals surface area (Å²) >= 11 is 0. The third-order valence-electron chi connectivity index (χ3n) is 3.13. The minimum absolute atomic E-state index is 0.0134. The van der Waals surface area contributed by atoms with Crippen LogP contribution >= 0.6 is 0 Å². The lowest BCUT2D eigenvalue weighted by Crippen LogP contribution is -2.54. The molecule has 0 aromatic heterocycles. The van der Waals surface area contributed by atoms with E-state index in [-0.39, 0.29) is 17.9 Å². The molecule has 5 nitrogen and oxygen atoms in total. The van der Waals surface area contributed by atoms with Crippen LogP contribution in [0.1, 0.15) is 13.8 Å². The lowest BCUT2D eigenvalue weighted by molar-refractivity contribution is -0.129. The summed E-state index contributed by atoms with van der Waals surface area (Å²) in [5.74, 6) is -0.303. The van der Waals surface area contributed by atoms with Gasteiger partial charge < -0.3 is 10.6 Å². The van der Waals surface area contributed by atoms with Gasteiger partial charge in [0.25, 0.3) is 0 Å². The first kappa shape index (κ1) is 14.4. The lowest BCUT2D eigenvalue weighted by atomic mass is 10.2. The molecular formula is C13H21N3O2. The van der Waals surface area contributed by atoms with Crippen molar-refractivity contribution in [3.8, 4) is 0 Å². The van der Waals surface area contributed by atoms with Crippen molar-refractivity contribution in [3.63, 3.8) is 0 Å². The number of allylic oxidation sites excluding steroid dienone is 3. The van der Waals surface area contributed by atoms with Gasteiger partial charge in [-0.25, -0.2) is 0 Å². The predicted octanol–water partition coefficient (Wildman–Crippen LogP) is 0.137. The zero-order chi connectivity index (χ0) is 13.5. The first-order valence-electron chi connectivity index (χ1n) is 6.18. The summed E-state index contributed by atoms with van der Waals surface area (Å²) in [5.41, 5.74) is 5.26. The second-order valence-corrected chi connectivity index (χ2v) is 4.32. The number of carbonyl (C=O) groups is 2. The molecule has 0 spiro atoms. The second-order valence-electron chi connectivity index (χ2n) is 4.32. The van der Waals surface area contributed by atoms with Crippen molar-refractivity contribution in [2.24, 2.45) is 5.73 Å². The van der Waals surface area contributed by atoms with Crippen molar-refractivity contribution < 1.29 is 9.59 Å². The summed E-state index contributed by atoms with van der Waals surface area (Å²) in [7, 11) is 0. The van der Waals surface area contributed by atoms with Gasteiger partial charge in [0.15, 0.2) is 0 Å². The number of primary amides is 1. The van der Waals surface area contributed by atoms with Gasteiger partial charge in [-0.15, -0.1) is 0 Å². The summed E-state index contributed by atoms with van der Waals surface area (Å²) in [6.07, 6.45) is 6.99. The normalized spacial score (nSPS) is 19.6. The summed E-state index contributed by atoms with van der Waals surface area (Å²) in [6.45, 7) is 6.35. The summed E-state index contributed by atoms with van der Waals surface area (Å²) in [5, 5.41) is 0. The maximum Gasteiger partial charge on any atom is 0.246 e. The van der Waals surface area contributed by atoms with E-state index in [0.717, 1.165) is 0 Å². The van der Waals surface area contributed by atoms with E-state index in [2.05, 4.69) is 0 Å². The molecule has 18 heavy (non-hydrogen) atoms. The fraction of sp³-hybridized carbons (Fsp3) is 0.538. The third kappa shape index (κ3) is 4.00. The minimum Gasteiger partial charge on any atom is -0.368 e. The van der Waals surface area contributed by atoms with Crippen LogP contribution < -0.4 is 5.73 Å². The number of nitrogens with zero attached hydrogens (tertiary/aromatic N) is 2. The number of hydrogen-bond donors (Lipinski definition) is 1. The molecule has 100 valence electrons. The highest BCUT2D eigenvalue weighted by Crippen LogP contribution is 2.06. The number of nitrogens with two attached hydrogens (primary N) is 1. The topological polar surface area (TPSA) is 66.6 Å². The smallest absolute Gasteiger partial charge is 0.246 e. The van der Waals surface area contributed by atoms with E-state index in [1.807, 2.05) is 24.0 Å². The molecule has 0 radical (unpaired) electrons. The van der Waals surface area contributed by atoms with Crippen molar-refractivity contribution in [2.75, 3.05) is 26.2 Å². The lowest BCUT2D eigenvalue weighted by Gasteiger charge is -2.36. The van der Waals surface area contributed by atoms with Gasteiger partial charge in [-0.2, -0.15) is 0 Å². The van der Waals surface area contributed by atoms with Crippen LogP contribution in [0.2, 0.25) is 0 Å². The monoisotopic (exact) mass is 251 g/mol. The first-order valence-corrected chi connectivity index (χ1v) is 6.18. The highest BCUT2D eigenvalue weighted by molar-refractivity contribution is 5.88. The predicted molar refractivity (Wildman–Crippen MR) is 70.8 cm³/mol. The van der Waals surface area contributed by atoms with E-state index >= 15 is 0 Å². The van der Waals surface area contributed by atoms with Crippen molar-refractivity contribution in [2.45, 2.75) is 19.9 Å². The summed E-state index contributed by atoms with van der Waals surface area (Å²) in [4.78, 5) is 26.6. The standard InChI is InChI=1S/C13H21N3O2/c1-3-4-5-6-12(17)16-9-7-15(8-10-16)11(2)13(14)18/h3-6,11H,7-10H2,1-2H3,(H2,14,18)/b4-3+,6-5-/t11-/m1/s1. The SMILES string of the molecule is C/C=C/C=C\C(=O)N1CCN([C@H](C)C(N)=O)CC1. The fourth-order valence-electron chi connectivity index (χ4n) is 1.86. The first-order chi connectivity index (χ1) is 8.56. The van der Waals surface area contributed by atoms with E-state index in [1.165, 1.54) is 0 Å². The highest BCUT2D eigenvalue weighted by Gasteiger charge is 2.25. The van der Waals surface area contributed by atoms with Crippen molar-refractivity contribution in [1.29, 1.82) is 0 Å². The molecule has 0 aliphatic carbocycles. The van der Waals surface area contributed by atoms with Gasteiger partial charge in [-0.1, -0.05) is 18.2 Å². The Morgan fingerprint density at radius 2 is 1.78 bits per heavy atom. The van der Waals surface area contributed by atoms with Gasteiger partial charge in [0.1, 0.15) is 0 Å². The second kappa shape index (κ2) is 6.96. The van der Waals surface area contributed by atoms with Crippen LogP contribution in [0.25, 0.3) is 0 Å². The van der Waals surface area contributed by atoms with Crippen LogP contribution in [-0.4, -0.2) is 53.8 Å². The third-order valence-corrected chi connectivity index (χ3v) is 3.13. The van der Waals surface area contributed by atoms with Gasteiger partial charge >= 0.3 is 0 Å². The fourth-order valence-corrected chi connectivity index (χ4v) is 1.86. The van der Waals surface area contributed by atoms with Gasteiger partial charge in [0, 0.05) is 32.3 Å². The molecule has 0 unspecified atom stereocenters. The van der Waals surface area contributed by atoms with E-state index < -0.39 is 0 Å². The summed E-state index contributed by atoms with van der Waals surface area (Å²) < 4.78 is 0. The van der Waals surface area contributed by atoms with E-state index in [4.69, 9.17) is 5.73 Å².